The third-order valence-corrected chi connectivity index (χ3v) is 3.51. The number of nitrogens with one attached hydrogen (secondary N) is 1. The first-order valence-corrected chi connectivity index (χ1v) is 7.10. The fourth-order valence-corrected chi connectivity index (χ4v) is 2.54. The molecule has 0 aliphatic carbocycles. The summed E-state index contributed by atoms with van der Waals surface area (Å²) in [7, 11) is 1.87. The number of aryl methyl sites for hydroxylation is 2. The molecule has 1 heterocycles. The van der Waals surface area contributed by atoms with Gasteiger partial charge in [-0.1, -0.05) is 13.8 Å². The zero-order valence-corrected chi connectivity index (χ0v) is 13.4. The summed E-state index contributed by atoms with van der Waals surface area (Å²) in [6.45, 7) is 10.0. The number of nitrogens with zero attached hydrogens (tertiary/aromatic N) is 2. The highest BCUT2D eigenvalue weighted by Gasteiger charge is 2.23. The predicted molar refractivity (Wildman–Crippen MR) is 79.5 cm³/mol. The molecule has 5 nitrogen and oxygen atoms in total. The van der Waals surface area contributed by atoms with Crippen molar-refractivity contribution in [3.05, 3.63) is 17.0 Å². The Morgan fingerprint density at radius 1 is 1.45 bits per heavy atom. The molecule has 0 saturated heterocycles. The van der Waals surface area contributed by atoms with Gasteiger partial charge in [-0.25, -0.2) is 0 Å². The largest absolute Gasteiger partial charge is 0.388 e. The molecular formula is C15H27N3O2. The lowest BCUT2D eigenvalue weighted by Crippen LogP contribution is -2.42. The molecule has 0 aliphatic rings. The van der Waals surface area contributed by atoms with E-state index in [1.54, 1.807) is 11.6 Å². The Balaban J connectivity index is 2.56. The van der Waals surface area contributed by atoms with Gasteiger partial charge in [-0.2, -0.15) is 5.10 Å². The zero-order chi connectivity index (χ0) is 15.5. The molecule has 0 saturated carbocycles. The molecule has 1 aromatic heterocycles. The third-order valence-electron chi connectivity index (χ3n) is 3.51. The van der Waals surface area contributed by atoms with Crippen LogP contribution < -0.4 is 5.32 Å². The van der Waals surface area contributed by atoms with Gasteiger partial charge in [-0.15, -0.1) is 0 Å². The molecule has 0 spiro atoms. The Kier molecular flexibility index (Phi) is 5.34. The van der Waals surface area contributed by atoms with Gasteiger partial charge in [0.2, 0.25) is 5.91 Å². The molecule has 0 radical (unpaired) electrons. The topological polar surface area (TPSA) is 67.2 Å². The summed E-state index contributed by atoms with van der Waals surface area (Å²) in [6.07, 6.45) is 0.974. The van der Waals surface area contributed by atoms with Crippen LogP contribution in [0.5, 0.6) is 0 Å². The maximum atomic E-state index is 12.0. The fourth-order valence-electron chi connectivity index (χ4n) is 2.54. The number of hydrogen-bond acceptors (Lipinski definition) is 3. The van der Waals surface area contributed by atoms with Crippen LogP contribution in [0.25, 0.3) is 0 Å². The van der Waals surface area contributed by atoms with Crippen LogP contribution >= 0.6 is 0 Å². The Morgan fingerprint density at radius 3 is 2.50 bits per heavy atom. The molecule has 0 bridgehead atoms. The van der Waals surface area contributed by atoms with Crippen molar-refractivity contribution in [1.29, 1.82) is 0 Å². The molecule has 20 heavy (non-hydrogen) atoms. The summed E-state index contributed by atoms with van der Waals surface area (Å²) in [6, 6.07) is 0. The van der Waals surface area contributed by atoms with E-state index in [-0.39, 0.29) is 12.5 Å². The van der Waals surface area contributed by atoms with E-state index in [0.717, 1.165) is 17.0 Å². The monoisotopic (exact) mass is 281 g/mol. The lowest BCUT2D eigenvalue weighted by Gasteiger charge is -2.25. The van der Waals surface area contributed by atoms with Gasteiger partial charge < -0.3 is 10.4 Å². The van der Waals surface area contributed by atoms with E-state index in [9.17, 15) is 9.90 Å². The summed E-state index contributed by atoms with van der Waals surface area (Å²) in [5.41, 5.74) is 2.00. The molecule has 0 fully saturated rings. The van der Waals surface area contributed by atoms with Crippen LogP contribution in [0.2, 0.25) is 0 Å². The van der Waals surface area contributed by atoms with Gasteiger partial charge in [0.25, 0.3) is 0 Å². The van der Waals surface area contributed by atoms with E-state index < -0.39 is 5.60 Å². The van der Waals surface area contributed by atoms with E-state index >= 15 is 0 Å². The molecular weight excluding hydrogens is 254 g/mol. The second kappa shape index (κ2) is 6.39. The van der Waals surface area contributed by atoms with Gasteiger partial charge in [0.1, 0.15) is 0 Å². The average molecular weight is 281 g/mol. The van der Waals surface area contributed by atoms with E-state index in [1.807, 2.05) is 20.9 Å². The quantitative estimate of drug-likeness (QED) is 0.830. The summed E-state index contributed by atoms with van der Waals surface area (Å²) in [5, 5.41) is 17.3. The van der Waals surface area contributed by atoms with Crippen molar-refractivity contribution in [3.8, 4) is 0 Å². The Hall–Kier alpha value is -1.36. The molecule has 1 aromatic rings. The van der Waals surface area contributed by atoms with Crippen molar-refractivity contribution in [1.82, 2.24) is 15.1 Å². The third kappa shape index (κ3) is 4.63. The van der Waals surface area contributed by atoms with Gasteiger partial charge >= 0.3 is 0 Å². The summed E-state index contributed by atoms with van der Waals surface area (Å²) in [5.74, 6) is 0.318. The van der Waals surface area contributed by atoms with Crippen LogP contribution in [-0.4, -0.2) is 32.9 Å². The summed E-state index contributed by atoms with van der Waals surface area (Å²) < 4.78 is 1.78. The Labute approximate surface area is 121 Å². The molecule has 0 aromatic carbocycles. The lowest BCUT2D eigenvalue weighted by molar-refractivity contribution is -0.121. The molecule has 1 unspecified atom stereocenters. The number of amides is 1. The van der Waals surface area contributed by atoms with Crippen molar-refractivity contribution >= 4 is 5.91 Å². The van der Waals surface area contributed by atoms with E-state index in [2.05, 4.69) is 24.3 Å². The van der Waals surface area contributed by atoms with Crippen LogP contribution in [-0.2, 0) is 18.3 Å². The zero-order valence-electron chi connectivity index (χ0n) is 13.4. The van der Waals surface area contributed by atoms with Crippen LogP contribution in [0, 0.1) is 19.8 Å². The van der Waals surface area contributed by atoms with Crippen molar-refractivity contribution in [3.63, 3.8) is 0 Å². The number of aliphatic hydroxyl groups is 1. The van der Waals surface area contributed by atoms with E-state index in [4.69, 9.17) is 0 Å². The number of carbonyl (C=O) groups is 1. The summed E-state index contributed by atoms with van der Waals surface area (Å²) in [4.78, 5) is 12.0. The lowest BCUT2D eigenvalue weighted by atomic mass is 9.94. The maximum absolute atomic E-state index is 12.0. The standard InChI is InChI=1S/C15H27N3O2/c1-10(2)8-15(5,20)9-16-14(19)7-13-11(3)17-18(6)12(13)4/h10,20H,7-9H2,1-6H3,(H,16,19). The van der Waals surface area contributed by atoms with Gasteiger partial charge in [0, 0.05) is 24.8 Å². The second-order valence-electron chi connectivity index (χ2n) is 6.32. The summed E-state index contributed by atoms with van der Waals surface area (Å²) >= 11 is 0. The molecule has 1 atom stereocenters. The first kappa shape index (κ1) is 16.7. The highest BCUT2D eigenvalue weighted by Crippen LogP contribution is 2.16. The molecule has 114 valence electrons. The van der Waals surface area contributed by atoms with Crippen LogP contribution in [0.3, 0.4) is 0 Å². The highest BCUT2D eigenvalue weighted by molar-refractivity contribution is 5.79. The number of carbonyl (C=O) groups excluding carboxylic acids is 1. The Morgan fingerprint density at radius 2 is 2.05 bits per heavy atom. The molecule has 5 heteroatoms. The van der Waals surface area contributed by atoms with Crippen molar-refractivity contribution < 1.29 is 9.90 Å². The minimum atomic E-state index is -0.858. The SMILES string of the molecule is Cc1nn(C)c(C)c1CC(=O)NCC(C)(O)CC(C)C. The van der Waals surface area contributed by atoms with Crippen molar-refractivity contribution in [2.75, 3.05) is 6.54 Å². The van der Waals surface area contributed by atoms with Crippen LogP contribution in [0.1, 0.15) is 44.1 Å². The Bertz CT molecular complexity index is 476. The number of rotatable bonds is 6. The minimum Gasteiger partial charge on any atom is -0.388 e. The number of aromatic nitrogens is 2. The van der Waals surface area contributed by atoms with Gasteiger partial charge in [-0.05, 0) is 33.1 Å². The molecule has 0 aliphatic heterocycles. The van der Waals surface area contributed by atoms with E-state index in [1.165, 1.54) is 0 Å². The molecule has 1 rings (SSSR count). The predicted octanol–water partition coefficient (Wildman–Crippen LogP) is 1.49. The molecule has 2 N–H and O–H groups in total. The van der Waals surface area contributed by atoms with Crippen LogP contribution in [0.4, 0.5) is 0 Å². The minimum absolute atomic E-state index is 0.0757. The normalized spacial score (nSPS) is 14.4. The fraction of sp³-hybridized carbons (Fsp3) is 0.733. The van der Waals surface area contributed by atoms with Crippen molar-refractivity contribution in [2.24, 2.45) is 13.0 Å². The second-order valence-corrected chi connectivity index (χ2v) is 6.32. The van der Waals surface area contributed by atoms with Crippen LogP contribution in [0.15, 0.2) is 0 Å². The van der Waals surface area contributed by atoms with Gasteiger partial charge in [0.15, 0.2) is 0 Å². The average Bonchev–Trinajstić information content (AvgIpc) is 2.52. The maximum Gasteiger partial charge on any atom is 0.224 e. The molecule has 1 amide bonds. The smallest absolute Gasteiger partial charge is 0.224 e. The highest BCUT2D eigenvalue weighted by atomic mass is 16.3. The van der Waals surface area contributed by atoms with Gasteiger partial charge in [0.05, 0.1) is 17.7 Å². The van der Waals surface area contributed by atoms with Gasteiger partial charge in [-0.3, -0.25) is 9.48 Å². The number of hydrogen-bond donors (Lipinski definition) is 2. The first-order valence-electron chi connectivity index (χ1n) is 7.10. The van der Waals surface area contributed by atoms with E-state index in [0.29, 0.717) is 18.8 Å². The van der Waals surface area contributed by atoms with Crippen molar-refractivity contribution in [2.45, 2.75) is 53.1 Å². The first-order chi connectivity index (χ1) is 9.12.